The van der Waals surface area contributed by atoms with Crippen LogP contribution in [-0.2, 0) is 9.53 Å². The average Bonchev–Trinajstić information content (AvgIpc) is 2.30. The number of nitrogens with one attached hydrogen (secondary N) is 1. The van der Waals surface area contributed by atoms with E-state index in [1.165, 1.54) is 0 Å². The van der Waals surface area contributed by atoms with E-state index in [1.54, 1.807) is 32.2 Å². The van der Waals surface area contributed by atoms with Gasteiger partial charge in [-0.25, -0.2) is 0 Å². The van der Waals surface area contributed by atoms with Crippen molar-refractivity contribution in [2.24, 2.45) is 0 Å². The van der Waals surface area contributed by atoms with Crippen molar-refractivity contribution in [2.75, 3.05) is 12.4 Å². The number of amides is 1. The molecule has 0 atom stereocenters. The minimum Gasteiger partial charge on any atom is -0.508 e. The topological polar surface area (TPSA) is 58.6 Å². The van der Waals surface area contributed by atoms with Gasteiger partial charge in [-0.1, -0.05) is 6.07 Å². The summed E-state index contributed by atoms with van der Waals surface area (Å²) in [4.78, 5) is 12.0. The van der Waals surface area contributed by atoms with Crippen LogP contribution in [0.3, 0.4) is 0 Å². The Morgan fingerprint density at radius 2 is 2.22 bits per heavy atom. The van der Waals surface area contributed by atoms with Gasteiger partial charge < -0.3 is 15.2 Å². The molecule has 1 aromatic rings. The molecule has 0 heterocycles. The van der Waals surface area contributed by atoms with Crippen molar-refractivity contribution < 1.29 is 14.6 Å². The maximum absolute atomic E-state index is 12.0. The van der Waals surface area contributed by atoms with E-state index < -0.39 is 0 Å². The molecule has 1 aliphatic carbocycles. The molecule has 1 saturated carbocycles. The van der Waals surface area contributed by atoms with E-state index in [4.69, 9.17) is 4.74 Å². The lowest BCUT2D eigenvalue weighted by molar-refractivity contribution is -0.129. The Kier molecular flexibility index (Phi) is 3.57. The van der Waals surface area contributed by atoms with Crippen LogP contribution < -0.4 is 5.32 Å². The van der Waals surface area contributed by atoms with Crippen molar-refractivity contribution in [3.05, 3.63) is 23.8 Å². The van der Waals surface area contributed by atoms with Crippen molar-refractivity contribution in [3.63, 3.8) is 0 Å². The number of aromatic hydroxyl groups is 1. The summed E-state index contributed by atoms with van der Waals surface area (Å²) in [5.74, 6) is 0.128. The molecule has 1 aromatic carbocycles. The van der Waals surface area contributed by atoms with Gasteiger partial charge in [0.2, 0.25) is 5.91 Å². The van der Waals surface area contributed by atoms with Gasteiger partial charge in [0.1, 0.15) is 5.75 Å². The predicted octanol–water partition coefficient (Wildman–Crippen LogP) is 2.60. The third kappa shape index (κ3) is 2.48. The molecule has 98 valence electrons. The highest BCUT2D eigenvalue weighted by molar-refractivity contribution is 5.92. The van der Waals surface area contributed by atoms with Crippen LogP contribution in [0.2, 0.25) is 0 Å². The Morgan fingerprint density at radius 1 is 1.50 bits per heavy atom. The molecular formula is C14H19NO3. The molecule has 18 heavy (non-hydrogen) atoms. The van der Waals surface area contributed by atoms with Crippen LogP contribution in [0.4, 0.5) is 5.69 Å². The Morgan fingerprint density at radius 3 is 2.78 bits per heavy atom. The van der Waals surface area contributed by atoms with E-state index in [0.29, 0.717) is 17.7 Å². The third-order valence-electron chi connectivity index (χ3n) is 3.76. The van der Waals surface area contributed by atoms with Crippen LogP contribution in [0, 0.1) is 6.92 Å². The van der Waals surface area contributed by atoms with Crippen LogP contribution in [0.5, 0.6) is 5.75 Å². The molecular weight excluding hydrogens is 230 g/mol. The lowest BCUT2D eigenvalue weighted by Gasteiger charge is -2.39. The van der Waals surface area contributed by atoms with Crippen molar-refractivity contribution in [1.82, 2.24) is 0 Å². The van der Waals surface area contributed by atoms with E-state index in [2.05, 4.69) is 5.32 Å². The number of carbonyl (C=O) groups is 1. The second-order valence-corrected chi connectivity index (χ2v) is 4.92. The number of ether oxygens (including phenoxy) is 1. The number of methoxy groups -OCH3 is 1. The van der Waals surface area contributed by atoms with Crippen LogP contribution in [-0.4, -0.2) is 23.7 Å². The molecule has 2 N–H and O–H groups in total. The molecule has 2 rings (SSSR count). The lowest BCUT2D eigenvalue weighted by atomic mass is 9.77. The van der Waals surface area contributed by atoms with E-state index in [9.17, 15) is 9.90 Å². The van der Waals surface area contributed by atoms with Gasteiger partial charge in [-0.3, -0.25) is 4.79 Å². The van der Waals surface area contributed by atoms with Gasteiger partial charge in [-0.05, 0) is 38.3 Å². The molecule has 0 radical (unpaired) electrons. The third-order valence-corrected chi connectivity index (χ3v) is 3.76. The molecule has 1 aliphatic rings. The highest BCUT2D eigenvalue weighted by atomic mass is 16.5. The summed E-state index contributed by atoms with van der Waals surface area (Å²) in [5.41, 5.74) is 1.07. The minimum atomic E-state index is -0.269. The van der Waals surface area contributed by atoms with Crippen LogP contribution in [0.25, 0.3) is 0 Å². The van der Waals surface area contributed by atoms with Gasteiger partial charge in [-0.15, -0.1) is 0 Å². The van der Waals surface area contributed by atoms with E-state index in [-0.39, 0.29) is 17.3 Å². The van der Waals surface area contributed by atoms with E-state index >= 15 is 0 Å². The van der Waals surface area contributed by atoms with E-state index in [1.807, 2.05) is 0 Å². The Balaban J connectivity index is 2.01. The summed E-state index contributed by atoms with van der Waals surface area (Å²) in [6, 6.07) is 5.11. The molecule has 0 saturated heterocycles. The number of hydrogen-bond donors (Lipinski definition) is 2. The summed E-state index contributed by atoms with van der Waals surface area (Å²) < 4.78 is 5.43. The van der Waals surface area contributed by atoms with Gasteiger partial charge >= 0.3 is 0 Å². The first-order valence-electron chi connectivity index (χ1n) is 6.20. The van der Waals surface area contributed by atoms with E-state index in [0.717, 1.165) is 19.3 Å². The number of rotatable bonds is 4. The summed E-state index contributed by atoms with van der Waals surface area (Å²) in [5, 5.41) is 12.4. The first-order valence-corrected chi connectivity index (χ1v) is 6.20. The van der Waals surface area contributed by atoms with Crippen LogP contribution in [0.1, 0.15) is 31.2 Å². The maximum atomic E-state index is 12.0. The Bertz CT molecular complexity index is 447. The summed E-state index contributed by atoms with van der Waals surface area (Å²) >= 11 is 0. The quantitative estimate of drug-likeness (QED) is 0.862. The molecule has 0 spiro atoms. The second kappa shape index (κ2) is 4.98. The van der Waals surface area contributed by atoms with Crippen LogP contribution in [0.15, 0.2) is 18.2 Å². The molecule has 0 unspecified atom stereocenters. The van der Waals surface area contributed by atoms with Crippen molar-refractivity contribution in [1.29, 1.82) is 0 Å². The van der Waals surface area contributed by atoms with Crippen molar-refractivity contribution in [2.45, 2.75) is 38.2 Å². The van der Waals surface area contributed by atoms with Gasteiger partial charge in [0.25, 0.3) is 0 Å². The highest BCUT2D eigenvalue weighted by Crippen LogP contribution is 2.38. The van der Waals surface area contributed by atoms with Gasteiger partial charge in [0, 0.05) is 18.4 Å². The number of hydrogen-bond acceptors (Lipinski definition) is 3. The highest BCUT2D eigenvalue weighted by Gasteiger charge is 2.39. The fourth-order valence-electron chi connectivity index (χ4n) is 2.27. The normalized spacial score (nSPS) is 17.0. The predicted molar refractivity (Wildman–Crippen MR) is 69.7 cm³/mol. The van der Waals surface area contributed by atoms with Crippen molar-refractivity contribution in [3.8, 4) is 5.75 Å². The first-order chi connectivity index (χ1) is 8.56. The maximum Gasteiger partial charge on any atom is 0.227 e. The van der Waals surface area contributed by atoms with Gasteiger partial charge in [0.15, 0.2) is 0 Å². The monoisotopic (exact) mass is 249 g/mol. The fraction of sp³-hybridized carbons (Fsp3) is 0.500. The number of phenolic OH excluding ortho intramolecular Hbond substituents is 1. The zero-order valence-corrected chi connectivity index (χ0v) is 10.8. The molecule has 4 nitrogen and oxygen atoms in total. The van der Waals surface area contributed by atoms with Gasteiger partial charge in [-0.2, -0.15) is 0 Å². The zero-order chi connectivity index (χ0) is 13.2. The number of phenols is 1. The standard InChI is InChI=1S/C14H19NO3/c1-10-11(5-3-6-12(10)16)15-13(17)9-14(18-2)7-4-8-14/h3,5-6,16H,4,7-9H2,1-2H3,(H,15,17). The number of benzene rings is 1. The molecule has 1 fully saturated rings. The zero-order valence-electron chi connectivity index (χ0n) is 10.8. The average molecular weight is 249 g/mol. The molecule has 4 heteroatoms. The number of anilines is 1. The molecule has 0 aromatic heterocycles. The Hall–Kier alpha value is -1.55. The van der Waals surface area contributed by atoms with Crippen molar-refractivity contribution >= 4 is 11.6 Å². The lowest BCUT2D eigenvalue weighted by Crippen LogP contribution is -2.42. The number of carbonyl (C=O) groups excluding carboxylic acids is 1. The smallest absolute Gasteiger partial charge is 0.227 e. The van der Waals surface area contributed by atoms with Crippen LogP contribution >= 0.6 is 0 Å². The summed E-state index contributed by atoms with van der Waals surface area (Å²) in [6.45, 7) is 1.78. The fourth-order valence-corrected chi connectivity index (χ4v) is 2.27. The summed E-state index contributed by atoms with van der Waals surface area (Å²) in [6.07, 6.45) is 3.37. The minimum absolute atomic E-state index is 0.0646. The first kappa shape index (κ1) is 12.9. The molecule has 0 aliphatic heterocycles. The van der Waals surface area contributed by atoms with Gasteiger partial charge in [0.05, 0.1) is 12.0 Å². The molecule has 0 bridgehead atoms. The molecule has 1 amide bonds. The second-order valence-electron chi connectivity index (χ2n) is 4.92. The largest absolute Gasteiger partial charge is 0.508 e. The SMILES string of the molecule is COC1(CC(=O)Nc2cccc(O)c2C)CCC1. The summed E-state index contributed by atoms with van der Waals surface area (Å²) in [7, 11) is 1.66. The Labute approximate surface area is 107 Å².